The minimum Gasteiger partial charge on any atom is -0.494 e. The Morgan fingerprint density at radius 3 is 2.53 bits per heavy atom. The molecule has 0 aromatic heterocycles. The number of hydrogen-bond donors (Lipinski definition) is 1. The summed E-state index contributed by atoms with van der Waals surface area (Å²) in [5, 5.41) is 11.6. The highest BCUT2D eigenvalue weighted by atomic mass is 16.5. The number of rotatable bonds is 6. The van der Waals surface area contributed by atoms with Crippen molar-refractivity contribution in [3.63, 3.8) is 0 Å². The Bertz CT molecular complexity index is 446. The molecule has 0 amide bonds. The second-order valence-corrected chi connectivity index (χ2v) is 4.24. The molecule has 1 N–H and O–H groups in total. The van der Waals surface area contributed by atoms with E-state index >= 15 is 0 Å². The molecular weight excluding hydrogens is 246 g/mol. The summed E-state index contributed by atoms with van der Waals surface area (Å²) in [5.74, 6) is 0.514. The minimum absolute atomic E-state index is 0.231. The van der Waals surface area contributed by atoms with Gasteiger partial charge >= 0.3 is 5.97 Å². The highest BCUT2D eigenvalue weighted by Gasteiger charge is 2.05. The van der Waals surface area contributed by atoms with Crippen LogP contribution in [0.5, 0.6) is 5.75 Å². The molecule has 0 saturated heterocycles. The van der Waals surface area contributed by atoms with E-state index in [1.54, 1.807) is 0 Å². The van der Waals surface area contributed by atoms with Gasteiger partial charge in [0, 0.05) is 12.0 Å². The fourth-order valence-electron chi connectivity index (χ4n) is 1.79. The summed E-state index contributed by atoms with van der Waals surface area (Å²) in [6, 6.07) is 3.75. The van der Waals surface area contributed by atoms with Crippen LogP contribution in [0.25, 0.3) is 0 Å². The molecule has 19 heavy (non-hydrogen) atoms. The maximum Gasteiger partial charge on any atom is 0.305 e. The number of aryl methyl sites for hydroxylation is 2. The Labute approximate surface area is 112 Å². The van der Waals surface area contributed by atoms with Crippen LogP contribution in [0.2, 0.25) is 0 Å². The van der Waals surface area contributed by atoms with Crippen LogP contribution in [0.3, 0.4) is 0 Å². The second-order valence-electron chi connectivity index (χ2n) is 4.24. The van der Waals surface area contributed by atoms with Crippen molar-refractivity contribution in [1.29, 1.82) is 0 Å². The molecule has 0 aliphatic rings. The summed E-state index contributed by atoms with van der Waals surface area (Å²) in [7, 11) is 1.37. The highest BCUT2D eigenvalue weighted by molar-refractivity contribution is 5.83. The maximum atomic E-state index is 10.9. The topological polar surface area (TPSA) is 68.1 Å². The van der Waals surface area contributed by atoms with Gasteiger partial charge in [0.05, 0.1) is 19.9 Å². The van der Waals surface area contributed by atoms with E-state index in [9.17, 15) is 4.79 Å². The molecule has 0 bridgehead atoms. The van der Waals surface area contributed by atoms with Crippen LogP contribution in [-0.2, 0) is 9.53 Å². The van der Waals surface area contributed by atoms with Crippen molar-refractivity contribution in [2.24, 2.45) is 5.16 Å². The molecule has 0 radical (unpaired) electrons. The van der Waals surface area contributed by atoms with Gasteiger partial charge in [-0.2, -0.15) is 0 Å². The van der Waals surface area contributed by atoms with Crippen LogP contribution >= 0.6 is 0 Å². The van der Waals surface area contributed by atoms with Crippen molar-refractivity contribution in [2.75, 3.05) is 13.7 Å². The van der Waals surface area contributed by atoms with Gasteiger partial charge in [-0.25, -0.2) is 0 Å². The molecule has 0 unspecified atom stereocenters. The molecule has 0 aliphatic heterocycles. The SMILES string of the molecule is COC(=O)CCCOc1cc(C)c(C=NO)c(C)c1. The standard InChI is InChI=1S/C14H19NO4/c1-10-7-12(8-11(2)13(10)9-15-17)19-6-4-5-14(16)18-3/h7-9,17H,4-6H2,1-3H3. The number of methoxy groups -OCH3 is 1. The van der Waals surface area contributed by atoms with Crippen molar-refractivity contribution in [3.05, 3.63) is 28.8 Å². The van der Waals surface area contributed by atoms with E-state index in [1.165, 1.54) is 13.3 Å². The van der Waals surface area contributed by atoms with Crippen molar-refractivity contribution >= 4 is 12.2 Å². The first kappa shape index (κ1) is 15.0. The first-order valence-electron chi connectivity index (χ1n) is 6.06. The van der Waals surface area contributed by atoms with E-state index in [0.29, 0.717) is 19.4 Å². The largest absolute Gasteiger partial charge is 0.494 e. The monoisotopic (exact) mass is 265 g/mol. The van der Waals surface area contributed by atoms with Crippen LogP contribution in [-0.4, -0.2) is 31.1 Å². The van der Waals surface area contributed by atoms with Crippen molar-refractivity contribution < 1.29 is 19.5 Å². The fraction of sp³-hybridized carbons (Fsp3) is 0.429. The molecule has 0 saturated carbocycles. The third-order valence-corrected chi connectivity index (χ3v) is 2.78. The van der Waals surface area contributed by atoms with Crippen LogP contribution in [0.4, 0.5) is 0 Å². The number of nitrogens with zero attached hydrogens (tertiary/aromatic N) is 1. The lowest BCUT2D eigenvalue weighted by molar-refractivity contribution is -0.140. The number of hydrogen-bond acceptors (Lipinski definition) is 5. The van der Waals surface area contributed by atoms with Crippen LogP contribution in [0, 0.1) is 13.8 Å². The molecule has 0 spiro atoms. The predicted octanol–water partition coefficient (Wildman–Crippen LogP) is 2.44. The van der Waals surface area contributed by atoms with Gasteiger partial charge in [-0.1, -0.05) is 5.16 Å². The zero-order valence-corrected chi connectivity index (χ0v) is 11.5. The summed E-state index contributed by atoms with van der Waals surface area (Å²) in [6.45, 7) is 4.30. The first-order valence-corrected chi connectivity index (χ1v) is 6.06. The van der Waals surface area contributed by atoms with E-state index in [4.69, 9.17) is 9.94 Å². The molecule has 1 aromatic rings. The van der Waals surface area contributed by atoms with Gasteiger partial charge in [-0.05, 0) is 43.5 Å². The highest BCUT2D eigenvalue weighted by Crippen LogP contribution is 2.20. The fourth-order valence-corrected chi connectivity index (χ4v) is 1.79. The van der Waals surface area contributed by atoms with E-state index in [-0.39, 0.29) is 5.97 Å². The van der Waals surface area contributed by atoms with Crippen molar-refractivity contribution in [2.45, 2.75) is 26.7 Å². The maximum absolute atomic E-state index is 10.9. The third kappa shape index (κ3) is 4.62. The third-order valence-electron chi connectivity index (χ3n) is 2.78. The number of oxime groups is 1. The lowest BCUT2D eigenvalue weighted by atomic mass is 10.0. The normalized spacial score (nSPS) is 10.7. The molecule has 1 rings (SSSR count). The van der Waals surface area contributed by atoms with E-state index < -0.39 is 0 Å². The number of carbonyl (C=O) groups excluding carboxylic acids is 1. The van der Waals surface area contributed by atoms with E-state index in [0.717, 1.165) is 22.4 Å². The Kier molecular flexibility index (Phi) is 5.85. The predicted molar refractivity (Wildman–Crippen MR) is 72.0 cm³/mol. The Morgan fingerprint density at radius 2 is 2.00 bits per heavy atom. The van der Waals surface area contributed by atoms with Gasteiger partial charge in [-0.15, -0.1) is 0 Å². The molecule has 104 valence electrons. The van der Waals surface area contributed by atoms with Crippen molar-refractivity contribution in [1.82, 2.24) is 0 Å². The number of benzene rings is 1. The summed E-state index contributed by atoms with van der Waals surface area (Å²) in [6.07, 6.45) is 2.38. The van der Waals surface area contributed by atoms with Crippen LogP contribution < -0.4 is 4.74 Å². The quantitative estimate of drug-likeness (QED) is 0.282. The number of esters is 1. The molecule has 0 aliphatic carbocycles. The van der Waals surface area contributed by atoms with Crippen LogP contribution in [0.1, 0.15) is 29.5 Å². The summed E-state index contributed by atoms with van der Waals surface area (Å²) >= 11 is 0. The number of ether oxygens (including phenoxy) is 2. The first-order chi connectivity index (χ1) is 9.08. The lowest BCUT2D eigenvalue weighted by Crippen LogP contribution is -2.05. The molecule has 5 heteroatoms. The zero-order chi connectivity index (χ0) is 14.3. The summed E-state index contributed by atoms with van der Waals surface area (Å²) in [5.41, 5.74) is 2.82. The summed E-state index contributed by atoms with van der Waals surface area (Å²) in [4.78, 5) is 10.9. The molecule has 0 heterocycles. The van der Waals surface area contributed by atoms with Gasteiger partial charge in [0.25, 0.3) is 0 Å². The van der Waals surface area contributed by atoms with E-state index in [1.807, 2.05) is 26.0 Å². The molecular formula is C14H19NO4. The van der Waals surface area contributed by atoms with Gasteiger partial charge in [0.2, 0.25) is 0 Å². The van der Waals surface area contributed by atoms with Crippen LogP contribution in [0.15, 0.2) is 17.3 Å². The van der Waals surface area contributed by atoms with Gasteiger partial charge in [0.1, 0.15) is 5.75 Å². The van der Waals surface area contributed by atoms with E-state index in [2.05, 4.69) is 9.89 Å². The Morgan fingerprint density at radius 1 is 1.37 bits per heavy atom. The van der Waals surface area contributed by atoms with Gasteiger partial charge < -0.3 is 14.7 Å². The lowest BCUT2D eigenvalue weighted by Gasteiger charge is -2.10. The molecule has 5 nitrogen and oxygen atoms in total. The van der Waals surface area contributed by atoms with Gasteiger partial charge in [-0.3, -0.25) is 4.79 Å². The minimum atomic E-state index is -0.231. The molecule has 0 fully saturated rings. The summed E-state index contributed by atoms with van der Waals surface area (Å²) < 4.78 is 10.1. The smallest absolute Gasteiger partial charge is 0.305 e. The van der Waals surface area contributed by atoms with Crippen molar-refractivity contribution in [3.8, 4) is 5.75 Å². The average Bonchev–Trinajstić information content (AvgIpc) is 2.38. The Balaban J connectivity index is 2.58. The molecule has 0 atom stereocenters. The zero-order valence-electron chi connectivity index (χ0n) is 11.5. The molecule has 1 aromatic carbocycles. The van der Waals surface area contributed by atoms with Gasteiger partial charge in [0.15, 0.2) is 0 Å². The second kappa shape index (κ2) is 7.41. The Hall–Kier alpha value is -2.04. The average molecular weight is 265 g/mol. The number of carbonyl (C=O) groups is 1.